The summed E-state index contributed by atoms with van der Waals surface area (Å²) in [4.78, 5) is 21.8. The van der Waals surface area contributed by atoms with E-state index in [2.05, 4.69) is 12.2 Å². The van der Waals surface area contributed by atoms with E-state index in [1.54, 1.807) is 0 Å². The Kier molecular flexibility index (Phi) is 5.29. The summed E-state index contributed by atoms with van der Waals surface area (Å²) >= 11 is 0. The van der Waals surface area contributed by atoms with Gasteiger partial charge in [0.05, 0.1) is 6.42 Å². The van der Waals surface area contributed by atoms with Gasteiger partial charge in [-0.15, -0.1) is 0 Å². The van der Waals surface area contributed by atoms with Crippen LogP contribution in [0.5, 0.6) is 0 Å². The number of rotatable bonds is 5. The number of amides is 1. The molecule has 0 heterocycles. The van der Waals surface area contributed by atoms with Crippen molar-refractivity contribution >= 4 is 11.9 Å². The van der Waals surface area contributed by atoms with E-state index in [-0.39, 0.29) is 24.8 Å². The zero-order valence-corrected chi connectivity index (χ0v) is 9.87. The van der Waals surface area contributed by atoms with Crippen molar-refractivity contribution in [2.75, 3.05) is 0 Å². The number of carbonyl (C=O) groups excluding carboxylic acids is 1. The van der Waals surface area contributed by atoms with Gasteiger partial charge in [-0.25, -0.2) is 0 Å². The van der Waals surface area contributed by atoms with Gasteiger partial charge >= 0.3 is 5.97 Å². The quantitative estimate of drug-likeness (QED) is 0.754. The molecule has 1 aliphatic carbocycles. The molecule has 4 heteroatoms. The summed E-state index contributed by atoms with van der Waals surface area (Å²) in [5, 5.41) is 11.4. The lowest BCUT2D eigenvalue weighted by Crippen LogP contribution is -2.38. The zero-order valence-electron chi connectivity index (χ0n) is 9.87. The second-order valence-electron chi connectivity index (χ2n) is 4.60. The molecule has 1 amide bonds. The van der Waals surface area contributed by atoms with Crippen LogP contribution in [-0.2, 0) is 9.59 Å². The Hall–Kier alpha value is -1.06. The molecule has 0 saturated heterocycles. The molecule has 0 aromatic rings. The standard InChI is InChI=1S/C12H21NO3/c1-2-9-4-3-5-10(8-9)13-11(14)6-7-12(15)16/h9-10H,2-8H2,1H3,(H,13,14)(H,15,16). The predicted molar refractivity (Wildman–Crippen MR) is 61.0 cm³/mol. The first-order valence-corrected chi connectivity index (χ1v) is 6.13. The van der Waals surface area contributed by atoms with Crippen molar-refractivity contribution in [2.45, 2.75) is 57.9 Å². The van der Waals surface area contributed by atoms with Crippen LogP contribution < -0.4 is 5.32 Å². The molecule has 0 spiro atoms. The average molecular weight is 227 g/mol. The van der Waals surface area contributed by atoms with Crippen LogP contribution in [0.25, 0.3) is 0 Å². The maximum Gasteiger partial charge on any atom is 0.303 e. The number of carboxylic acid groups (broad SMARTS) is 1. The molecule has 0 aromatic heterocycles. The molecule has 92 valence electrons. The molecule has 1 aliphatic rings. The third-order valence-electron chi connectivity index (χ3n) is 3.29. The third-order valence-corrected chi connectivity index (χ3v) is 3.29. The largest absolute Gasteiger partial charge is 0.481 e. The number of carboxylic acids is 1. The zero-order chi connectivity index (χ0) is 12.0. The van der Waals surface area contributed by atoms with Crippen LogP contribution in [0.2, 0.25) is 0 Å². The molecule has 1 saturated carbocycles. The van der Waals surface area contributed by atoms with Crippen LogP contribution in [0.4, 0.5) is 0 Å². The number of hydrogen-bond donors (Lipinski definition) is 2. The Morgan fingerprint density at radius 2 is 2.06 bits per heavy atom. The lowest BCUT2D eigenvalue weighted by atomic mass is 9.84. The topological polar surface area (TPSA) is 66.4 Å². The van der Waals surface area contributed by atoms with E-state index < -0.39 is 5.97 Å². The number of aliphatic carboxylic acids is 1. The lowest BCUT2D eigenvalue weighted by molar-refractivity contribution is -0.139. The second kappa shape index (κ2) is 6.51. The molecule has 2 atom stereocenters. The Morgan fingerprint density at radius 1 is 1.31 bits per heavy atom. The molecule has 2 unspecified atom stereocenters. The summed E-state index contributed by atoms with van der Waals surface area (Å²) in [7, 11) is 0. The van der Waals surface area contributed by atoms with Gasteiger partial charge in [-0.2, -0.15) is 0 Å². The van der Waals surface area contributed by atoms with Gasteiger partial charge in [0, 0.05) is 12.5 Å². The SMILES string of the molecule is CCC1CCCC(NC(=O)CCC(=O)O)C1. The minimum Gasteiger partial charge on any atom is -0.481 e. The highest BCUT2D eigenvalue weighted by molar-refractivity contribution is 5.80. The number of nitrogens with one attached hydrogen (secondary N) is 1. The fourth-order valence-electron chi connectivity index (χ4n) is 2.31. The molecule has 0 radical (unpaired) electrons. The van der Waals surface area contributed by atoms with Crippen molar-refractivity contribution in [3.05, 3.63) is 0 Å². The maximum absolute atomic E-state index is 11.4. The Balaban J connectivity index is 2.25. The first-order valence-electron chi connectivity index (χ1n) is 6.13. The summed E-state index contributed by atoms with van der Waals surface area (Å²) in [6.45, 7) is 2.18. The predicted octanol–water partition coefficient (Wildman–Crippen LogP) is 1.94. The summed E-state index contributed by atoms with van der Waals surface area (Å²) < 4.78 is 0. The minimum atomic E-state index is -0.912. The Morgan fingerprint density at radius 3 is 2.69 bits per heavy atom. The van der Waals surface area contributed by atoms with Gasteiger partial charge in [0.2, 0.25) is 5.91 Å². The van der Waals surface area contributed by atoms with Crippen LogP contribution in [0.1, 0.15) is 51.9 Å². The molecule has 0 bridgehead atoms. The van der Waals surface area contributed by atoms with Crippen LogP contribution in [0, 0.1) is 5.92 Å². The van der Waals surface area contributed by atoms with E-state index >= 15 is 0 Å². The van der Waals surface area contributed by atoms with E-state index in [0.717, 1.165) is 18.8 Å². The molecular formula is C12H21NO3. The highest BCUT2D eigenvalue weighted by atomic mass is 16.4. The van der Waals surface area contributed by atoms with Crippen molar-refractivity contribution in [3.63, 3.8) is 0 Å². The monoisotopic (exact) mass is 227 g/mol. The fourth-order valence-corrected chi connectivity index (χ4v) is 2.31. The molecule has 2 N–H and O–H groups in total. The third kappa shape index (κ3) is 4.64. The van der Waals surface area contributed by atoms with Crippen LogP contribution in [0.3, 0.4) is 0 Å². The summed E-state index contributed by atoms with van der Waals surface area (Å²) in [6, 6.07) is 0.264. The van der Waals surface area contributed by atoms with Crippen molar-refractivity contribution < 1.29 is 14.7 Å². The number of carbonyl (C=O) groups is 2. The van der Waals surface area contributed by atoms with Crippen molar-refractivity contribution in [3.8, 4) is 0 Å². The van der Waals surface area contributed by atoms with Gasteiger partial charge in [-0.05, 0) is 18.8 Å². The summed E-state index contributed by atoms with van der Waals surface area (Å²) in [6.07, 6.45) is 5.71. The highest BCUT2D eigenvalue weighted by Crippen LogP contribution is 2.26. The summed E-state index contributed by atoms with van der Waals surface area (Å²) in [5.74, 6) is -0.312. The van der Waals surface area contributed by atoms with Gasteiger partial charge in [0.1, 0.15) is 0 Å². The van der Waals surface area contributed by atoms with Gasteiger partial charge in [-0.1, -0.05) is 26.2 Å². The van der Waals surface area contributed by atoms with E-state index in [1.165, 1.54) is 19.3 Å². The first kappa shape index (κ1) is 13.0. The second-order valence-corrected chi connectivity index (χ2v) is 4.60. The van der Waals surface area contributed by atoms with Gasteiger partial charge < -0.3 is 10.4 Å². The van der Waals surface area contributed by atoms with Crippen LogP contribution in [0.15, 0.2) is 0 Å². The molecule has 0 aromatic carbocycles. The van der Waals surface area contributed by atoms with Crippen molar-refractivity contribution in [1.29, 1.82) is 0 Å². The van der Waals surface area contributed by atoms with E-state index in [1.807, 2.05) is 0 Å². The molecule has 1 fully saturated rings. The number of hydrogen-bond acceptors (Lipinski definition) is 2. The maximum atomic E-state index is 11.4. The van der Waals surface area contributed by atoms with Crippen LogP contribution in [-0.4, -0.2) is 23.0 Å². The lowest BCUT2D eigenvalue weighted by Gasteiger charge is -2.29. The average Bonchev–Trinajstić information content (AvgIpc) is 2.26. The molecular weight excluding hydrogens is 206 g/mol. The van der Waals surface area contributed by atoms with Gasteiger partial charge in [0.25, 0.3) is 0 Å². The smallest absolute Gasteiger partial charge is 0.303 e. The normalized spacial score (nSPS) is 25.1. The molecule has 1 rings (SSSR count). The Bertz CT molecular complexity index is 253. The molecule has 0 aliphatic heterocycles. The van der Waals surface area contributed by atoms with E-state index in [9.17, 15) is 9.59 Å². The van der Waals surface area contributed by atoms with Crippen LogP contribution >= 0.6 is 0 Å². The van der Waals surface area contributed by atoms with Gasteiger partial charge in [0.15, 0.2) is 0 Å². The molecule has 4 nitrogen and oxygen atoms in total. The Labute approximate surface area is 96.4 Å². The van der Waals surface area contributed by atoms with E-state index in [0.29, 0.717) is 0 Å². The first-order chi connectivity index (χ1) is 7.61. The minimum absolute atomic E-state index is 0.0737. The van der Waals surface area contributed by atoms with E-state index in [4.69, 9.17) is 5.11 Å². The van der Waals surface area contributed by atoms with Crippen molar-refractivity contribution in [1.82, 2.24) is 5.32 Å². The highest BCUT2D eigenvalue weighted by Gasteiger charge is 2.21. The fraction of sp³-hybridized carbons (Fsp3) is 0.833. The van der Waals surface area contributed by atoms with Gasteiger partial charge in [-0.3, -0.25) is 9.59 Å². The van der Waals surface area contributed by atoms with Crippen molar-refractivity contribution in [2.24, 2.45) is 5.92 Å². The summed E-state index contributed by atoms with van der Waals surface area (Å²) in [5.41, 5.74) is 0. The molecule has 16 heavy (non-hydrogen) atoms.